The summed E-state index contributed by atoms with van der Waals surface area (Å²) in [6.45, 7) is 1.38. The van der Waals surface area contributed by atoms with Crippen LogP contribution in [0.3, 0.4) is 0 Å². The number of hydrazone groups is 1. The predicted molar refractivity (Wildman–Crippen MR) is 106 cm³/mol. The Bertz CT molecular complexity index is 929. The van der Waals surface area contributed by atoms with Crippen LogP contribution in [0.1, 0.15) is 11.1 Å². The van der Waals surface area contributed by atoms with Crippen LogP contribution >= 0.6 is 23.2 Å². The number of rotatable bonds is 6. The topological polar surface area (TPSA) is 78.8 Å². The summed E-state index contributed by atoms with van der Waals surface area (Å²) in [5.74, 6) is -0.586. The predicted octanol–water partition coefficient (Wildman–Crippen LogP) is 3.22. The number of carbonyl (C=O) groups excluding carboxylic acids is 1. The number of nitrogens with one attached hydrogen (secondary N) is 1. The lowest BCUT2D eigenvalue weighted by Crippen LogP contribution is -2.39. The van der Waals surface area contributed by atoms with E-state index in [1.54, 1.807) is 43.3 Å². The van der Waals surface area contributed by atoms with Crippen molar-refractivity contribution < 1.29 is 13.2 Å². The molecule has 2 rings (SSSR count). The van der Waals surface area contributed by atoms with Crippen LogP contribution in [0.5, 0.6) is 0 Å². The fraction of sp³-hybridized carbons (Fsp3) is 0.176. The fourth-order valence-corrected chi connectivity index (χ4v) is 3.18. The molecule has 1 amide bonds. The lowest BCUT2D eigenvalue weighted by molar-refractivity contribution is -0.119. The number of nitrogens with zero attached hydrogens (tertiary/aromatic N) is 2. The van der Waals surface area contributed by atoms with E-state index in [-0.39, 0.29) is 0 Å². The molecule has 0 fully saturated rings. The van der Waals surface area contributed by atoms with Crippen molar-refractivity contribution in [3.8, 4) is 0 Å². The van der Waals surface area contributed by atoms with Gasteiger partial charge in [-0.05, 0) is 42.3 Å². The highest BCUT2D eigenvalue weighted by molar-refractivity contribution is 7.92. The number of hydrogen-bond donors (Lipinski definition) is 1. The van der Waals surface area contributed by atoms with Crippen LogP contribution in [0.2, 0.25) is 10.0 Å². The smallest absolute Gasteiger partial charge is 0.260 e. The van der Waals surface area contributed by atoms with Crippen molar-refractivity contribution in [2.75, 3.05) is 17.1 Å². The van der Waals surface area contributed by atoms with E-state index in [0.717, 1.165) is 21.7 Å². The summed E-state index contributed by atoms with van der Waals surface area (Å²) in [5, 5.41) is 4.82. The normalized spacial score (nSPS) is 11.5. The zero-order valence-electron chi connectivity index (χ0n) is 14.1. The molecule has 2 aromatic carbocycles. The van der Waals surface area contributed by atoms with Crippen molar-refractivity contribution in [2.24, 2.45) is 5.10 Å². The third-order valence-electron chi connectivity index (χ3n) is 3.40. The first-order valence-electron chi connectivity index (χ1n) is 7.48. The molecule has 0 unspecified atom stereocenters. The van der Waals surface area contributed by atoms with E-state index in [9.17, 15) is 13.2 Å². The zero-order chi connectivity index (χ0) is 19.3. The van der Waals surface area contributed by atoms with Crippen LogP contribution < -0.4 is 9.73 Å². The molecule has 6 nitrogen and oxygen atoms in total. The zero-order valence-corrected chi connectivity index (χ0v) is 16.4. The summed E-state index contributed by atoms with van der Waals surface area (Å²) in [5.41, 5.74) is 4.15. The summed E-state index contributed by atoms with van der Waals surface area (Å²) in [4.78, 5) is 12.1. The molecule has 0 saturated carbocycles. The van der Waals surface area contributed by atoms with Crippen molar-refractivity contribution in [3.63, 3.8) is 0 Å². The van der Waals surface area contributed by atoms with Crippen LogP contribution in [-0.2, 0) is 14.8 Å². The van der Waals surface area contributed by atoms with Crippen LogP contribution in [0.25, 0.3) is 0 Å². The Hall–Kier alpha value is -2.09. The summed E-state index contributed by atoms with van der Waals surface area (Å²) in [6, 6.07) is 11.6. The van der Waals surface area contributed by atoms with Crippen molar-refractivity contribution >= 4 is 51.0 Å². The molecule has 2 aromatic rings. The van der Waals surface area contributed by atoms with Gasteiger partial charge in [0.25, 0.3) is 5.91 Å². The maximum absolute atomic E-state index is 12.1. The van der Waals surface area contributed by atoms with E-state index in [0.29, 0.717) is 15.7 Å². The van der Waals surface area contributed by atoms with Gasteiger partial charge in [0.15, 0.2) is 0 Å². The number of anilines is 1. The van der Waals surface area contributed by atoms with E-state index in [4.69, 9.17) is 23.2 Å². The second-order valence-corrected chi connectivity index (χ2v) is 8.30. The largest absolute Gasteiger partial charge is 0.271 e. The SMILES string of the molecule is Cc1ccc(N(CC(=O)N/N=C\c2ccc(Cl)cc2)S(C)(=O)=O)cc1Cl. The van der Waals surface area contributed by atoms with Gasteiger partial charge in [0.2, 0.25) is 10.0 Å². The molecule has 0 atom stereocenters. The average Bonchev–Trinajstić information content (AvgIpc) is 2.56. The molecule has 0 saturated heterocycles. The number of sulfonamides is 1. The average molecular weight is 414 g/mol. The highest BCUT2D eigenvalue weighted by atomic mass is 35.5. The minimum Gasteiger partial charge on any atom is -0.271 e. The van der Waals surface area contributed by atoms with E-state index in [2.05, 4.69) is 10.5 Å². The van der Waals surface area contributed by atoms with Gasteiger partial charge < -0.3 is 0 Å². The molecule has 9 heteroatoms. The van der Waals surface area contributed by atoms with Gasteiger partial charge in [-0.1, -0.05) is 41.4 Å². The minimum atomic E-state index is -3.68. The van der Waals surface area contributed by atoms with Crippen LogP contribution in [0, 0.1) is 6.92 Å². The highest BCUT2D eigenvalue weighted by Crippen LogP contribution is 2.24. The molecule has 0 aliphatic rings. The molecule has 0 spiro atoms. The lowest BCUT2D eigenvalue weighted by Gasteiger charge is -2.21. The molecule has 138 valence electrons. The number of halogens is 2. The summed E-state index contributed by atoms with van der Waals surface area (Å²) < 4.78 is 25.0. The number of benzene rings is 2. The lowest BCUT2D eigenvalue weighted by atomic mass is 10.2. The first kappa shape index (κ1) is 20.2. The monoisotopic (exact) mass is 413 g/mol. The third kappa shape index (κ3) is 5.72. The Kier molecular flexibility index (Phi) is 6.63. The van der Waals surface area contributed by atoms with Crippen LogP contribution in [-0.4, -0.2) is 33.3 Å². The van der Waals surface area contributed by atoms with Gasteiger partial charge in [0.1, 0.15) is 6.54 Å². The van der Waals surface area contributed by atoms with E-state index in [1.807, 2.05) is 0 Å². The van der Waals surface area contributed by atoms with Crippen molar-refractivity contribution in [1.82, 2.24) is 5.43 Å². The van der Waals surface area contributed by atoms with Gasteiger partial charge in [-0.3, -0.25) is 9.10 Å². The van der Waals surface area contributed by atoms with Crippen molar-refractivity contribution in [1.29, 1.82) is 0 Å². The standard InChI is InChI=1S/C17H17Cl2N3O3S/c1-12-3-8-15(9-16(12)19)22(26(2,24)25)11-17(23)21-20-10-13-4-6-14(18)7-5-13/h3-10H,11H2,1-2H3,(H,21,23)/b20-10-. The van der Waals surface area contributed by atoms with E-state index in [1.165, 1.54) is 12.3 Å². The molecule has 0 aliphatic carbocycles. The molecular weight excluding hydrogens is 397 g/mol. The molecular formula is C17H17Cl2N3O3S. The molecule has 1 N–H and O–H groups in total. The summed E-state index contributed by atoms with van der Waals surface area (Å²) in [6.07, 6.45) is 2.45. The summed E-state index contributed by atoms with van der Waals surface area (Å²) in [7, 11) is -3.68. The van der Waals surface area contributed by atoms with Crippen molar-refractivity contribution in [3.05, 3.63) is 63.6 Å². The van der Waals surface area contributed by atoms with Gasteiger partial charge in [-0.15, -0.1) is 0 Å². The Morgan fingerprint density at radius 1 is 1.19 bits per heavy atom. The number of aryl methyl sites for hydroxylation is 1. The quantitative estimate of drug-likeness (QED) is 0.583. The Balaban J connectivity index is 2.09. The molecule has 0 bridgehead atoms. The second-order valence-electron chi connectivity index (χ2n) is 5.55. The Morgan fingerprint density at radius 3 is 2.42 bits per heavy atom. The number of hydrogen-bond acceptors (Lipinski definition) is 4. The molecule has 26 heavy (non-hydrogen) atoms. The van der Waals surface area contributed by atoms with E-state index >= 15 is 0 Å². The fourth-order valence-electron chi connectivity index (χ4n) is 2.03. The molecule has 0 aliphatic heterocycles. The first-order valence-corrected chi connectivity index (χ1v) is 10.1. The van der Waals surface area contributed by atoms with Gasteiger partial charge >= 0.3 is 0 Å². The Morgan fingerprint density at radius 2 is 1.85 bits per heavy atom. The van der Waals surface area contributed by atoms with E-state index < -0.39 is 22.5 Å². The van der Waals surface area contributed by atoms with Gasteiger partial charge in [0.05, 0.1) is 18.2 Å². The van der Waals surface area contributed by atoms with Crippen LogP contribution in [0.15, 0.2) is 47.6 Å². The Labute approximate surface area is 162 Å². The summed E-state index contributed by atoms with van der Waals surface area (Å²) >= 11 is 11.8. The minimum absolute atomic E-state index is 0.305. The highest BCUT2D eigenvalue weighted by Gasteiger charge is 2.21. The molecule has 0 radical (unpaired) electrons. The maximum atomic E-state index is 12.1. The van der Waals surface area contributed by atoms with Crippen molar-refractivity contribution in [2.45, 2.75) is 6.92 Å². The second kappa shape index (κ2) is 8.53. The first-order chi connectivity index (χ1) is 12.2. The molecule has 0 aromatic heterocycles. The molecule has 0 heterocycles. The number of amides is 1. The third-order valence-corrected chi connectivity index (χ3v) is 5.20. The maximum Gasteiger partial charge on any atom is 0.260 e. The van der Waals surface area contributed by atoms with Crippen LogP contribution in [0.4, 0.5) is 5.69 Å². The van der Waals surface area contributed by atoms with Gasteiger partial charge in [0, 0.05) is 10.0 Å². The van der Waals surface area contributed by atoms with Gasteiger partial charge in [-0.2, -0.15) is 5.10 Å². The number of carbonyl (C=O) groups is 1. The van der Waals surface area contributed by atoms with Gasteiger partial charge in [-0.25, -0.2) is 13.8 Å².